The van der Waals surface area contributed by atoms with Gasteiger partial charge in [-0.25, -0.2) is 9.59 Å². The van der Waals surface area contributed by atoms with Crippen molar-refractivity contribution in [2.45, 2.75) is 69.4 Å². The topological polar surface area (TPSA) is 146 Å². The van der Waals surface area contributed by atoms with Crippen molar-refractivity contribution in [3.8, 4) is 0 Å². The zero-order valence-corrected chi connectivity index (χ0v) is 26.0. The van der Waals surface area contributed by atoms with Gasteiger partial charge in [-0.2, -0.15) is 0 Å². The van der Waals surface area contributed by atoms with Crippen LogP contribution < -0.4 is 9.80 Å². The summed E-state index contributed by atoms with van der Waals surface area (Å²) >= 11 is 0. The van der Waals surface area contributed by atoms with Crippen molar-refractivity contribution in [1.82, 2.24) is 0 Å². The molecule has 2 saturated carbocycles. The van der Waals surface area contributed by atoms with Crippen LogP contribution in [0.3, 0.4) is 0 Å². The second-order valence-corrected chi connectivity index (χ2v) is 11.6. The molecule has 2 aliphatic rings. The van der Waals surface area contributed by atoms with E-state index in [-0.39, 0.29) is 36.8 Å². The number of carbonyl (C=O) groups excluding carboxylic acids is 6. The highest BCUT2D eigenvalue weighted by Gasteiger charge is 2.50. The molecule has 2 fully saturated rings. The van der Waals surface area contributed by atoms with Crippen LogP contribution in [0.2, 0.25) is 0 Å². The Labute approximate surface area is 261 Å². The number of rotatable bonds is 10. The number of carbonyl (C=O) groups is 6. The Morgan fingerprint density at radius 3 is 1.24 bits per heavy atom. The Kier molecular flexibility index (Phi) is 10.3. The average Bonchev–Trinajstić information content (AvgIpc) is 3.00. The van der Waals surface area contributed by atoms with Gasteiger partial charge in [-0.3, -0.25) is 19.2 Å². The van der Waals surface area contributed by atoms with E-state index in [1.165, 1.54) is 24.3 Å². The molecule has 0 aliphatic heterocycles. The van der Waals surface area contributed by atoms with E-state index in [4.69, 9.17) is 18.9 Å². The molecule has 0 amide bonds. The number of Topliss-reactive ketones (excluding diaryl/α,β-unsaturated/α-hetero) is 2. The highest BCUT2D eigenvalue weighted by Crippen LogP contribution is 2.34. The molecule has 45 heavy (non-hydrogen) atoms. The Bertz CT molecular complexity index is 1340. The summed E-state index contributed by atoms with van der Waals surface area (Å²) in [7, 11) is 7.36. The molecule has 2 aromatic carbocycles. The molecule has 4 rings (SSSR count). The van der Waals surface area contributed by atoms with Crippen molar-refractivity contribution >= 4 is 46.8 Å². The summed E-state index contributed by atoms with van der Waals surface area (Å²) in [6.45, 7) is 0. The molecule has 0 radical (unpaired) electrons. The zero-order valence-electron chi connectivity index (χ0n) is 26.0. The molecule has 2 aliphatic carbocycles. The first-order valence-electron chi connectivity index (χ1n) is 14.9. The van der Waals surface area contributed by atoms with E-state index in [9.17, 15) is 28.8 Å². The summed E-state index contributed by atoms with van der Waals surface area (Å²) in [6.07, 6.45) is 0.724. The number of anilines is 2. The second kappa shape index (κ2) is 13.9. The largest absolute Gasteiger partial charge is 0.414 e. The fraction of sp³-hybridized carbons (Fsp3) is 0.455. The van der Waals surface area contributed by atoms with Crippen molar-refractivity contribution in [3.05, 3.63) is 59.7 Å². The molecule has 0 bridgehead atoms. The van der Waals surface area contributed by atoms with E-state index in [1.807, 2.05) is 38.0 Å². The minimum Gasteiger partial charge on any atom is -0.414 e. The quantitative estimate of drug-likeness (QED) is 0.215. The molecule has 12 nitrogen and oxygen atoms in total. The SMILES string of the molecule is CN(C)c1ccc(C(=O)O[C@@]2(OC(=O)CC(=O)O[C@]3(OC(=O)c4ccc(N(C)C)cc4)CCCCC3=O)CCCCC2=O)cc1. The normalized spacial score (nSPS) is 21.3. The molecule has 0 aromatic heterocycles. The smallest absolute Gasteiger partial charge is 0.341 e. The highest BCUT2D eigenvalue weighted by molar-refractivity contribution is 5.99. The van der Waals surface area contributed by atoms with E-state index >= 15 is 0 Å². The van der Waals surface area contributed by atoms with Gasteiger partial charge in [0.25, 0.3) is 0 Å². The van der Waals surface area contributed by atoms with Gasteiger partial charge >= 0.3 is 35.5 Å². The van der Waals surface area contributed by atoms with Gasteiger partial charge in [0.2, 0.25) is 11.6 Å². The van der Waals surface area contributed by atoms with Crippen molar-refractivity contribution in [2.24, 2.45) is 0 Å². The summed E-state index contributed by atoms with van der Waals surface area (Å²) < 4.78 is 21.9. The maximum atomic E-state index is 13.0. The van der Waals surface area contributed by atoms with Crippen molar-refractivity contribution in [2.75, 3.05) is 38.0 Å². The number of ketones is 2. The average molecular weight is 623 g/mol. The van der Waals surface area contributed by atoms with Gasteiger partial charge in [0.05, 0.1) is 11.1 Å². The highest BCUT2D eigenvalue weighted by atomic mass is 16.7. The molecule has 0 unspecified atom stereocenters. The van der Waals surface area contributed by atoms with Crippen LogP contribution in [0, 0.1) is 0 Å². The summed E-state index contributed by atoms with van der Waals surface area (Å²) in [5, 5.41) is 0. The Balaban J connectivity index is 1.46. The number of nitrogens with zero attached hydrogens (tertiary/aromatic N) is 2. The van der Waals surface area contributed by atoms with Crippen LogP contribution in [0.5, 0.6) is 0 Å². The Morgan fingerprint density at radius 2 is 0.933 bits per heavy atom. The number of ether oxygens (including phenoxy) is 4. The predicted octanol–water partition coefficient (Wildman–Crippen LogP) is 3.99. The lowest BCUT2D eigenvalue weighted by atomic mass is 9.92. The minimum absolute atomic E-state index is 0.00760. The summed E-state index contributed by atoms with van der Waals surface area (Å²) in [5.74, 6) is -9.78. The first-order chi connectivity index (χ1) is 21.3. The summed E-state index contributed by atoms with van der Waals surface area (Å²) in [5.41, 5.74) is 1.96. The van der Waals surface area contributed by atoms with Crippen LogP contribution >= 0.6 is 0 Å². The van der Waals surface area contributed by atoms with Gasteiger partial charge in [0, 0.05) is 65.2 Å². The lowest BCUT2D eigenvalue weighted by Crippen LogP contribution is -2.51. The minimum atomic E-state index is -2.21. The third-order valence-electron chi connectivity index (χ3n) is 7.77. The van der Waals surface area contributed by atoms with Crippen molar-refractivity contribution in [3.63, 3.8) is 0 Å². The van der Waals surface area contributed by atoms with Crippen LogP contribution in [0.1, 0.15) is 78.5 Å². The summed E-state index contributed by atoms with van der Waals surface area (Å²) in [4.78, 5) is 81.7. The van der Waals surface area contributed by atoms with E-state index in [0.29, 0.717) is 25.7 Å². The van der Waals surface area contributed by atoms with E-state index < -0.39 is 53.4 Å². The Morgan fingerprint density at radius 1 is 0.578 bits per heavy atom. The van der Waals surface area contributed by atoms with Crippen LogP contribution in [0.25, 0.3) is 0 Å². The van der Waals surface area contributed by atoms with E-state index in [1.54, 1.807) is 24.3 Å². The molecular formula is C33H38N2O10. The van der Waals surface area contributed by atoms with Gasteiger partial charge in [0.15, 0.2) is 0 Å². The van der Waals surface area contributed by atoms with E-state index in [2.05, 4.69) is 0 Å². The molecule has 0 saturated heterocycles. The van der Waals surface area contributed by atoms with Gasteiger partial charge in [-0.1, -0.05) is 0 Å². The fourth-order valence-electron chi connectivity index (χ4n) is 5.19. The standard InChI is InChI=1S/C33H38N2O10/c1-34(2)24-15-11-22(12-16-24)30(40)44-32(19-7-5-9-26(32)36)42-28(38)21-29(39)43-33(20-8-6-10-27(33)37)45-31(41)23-13-17-25(18-14-23)35(3)4/h11-18H,5-10,19-21H2,1-4H3/t32-,33-/m0/s1. The number of hydrogen-bond acceptors (Lipinski definition) is 12. The van der Waals surface area contributed by atoms with Crippen LogP contribution in [0.4, 0.5) is 11.4 Å². The molecular weight excluding hydrogens is 584 g/mol. The maximum Gasteiger partial charge on any atom is 0.341 e. The second-order valence-electron chi connectivity index (χ2n) is 11.6. The first kappa shape index (κ1) is 33.2. The Hall–Kier alpha value is -4.74. The molecule has 2 atom stereocenters. The molecule has 12 heteroatoms. The van der Waals surface area contributed by atoms with Crippen LogP contribution in [-0.2, 0) is 38.1 Å². The number of benzene rings is 2. The van der Waals surface area contributed by atoms with Gasteiger partial charge < -0.3 is 28.7 Å². The maximum absolute atomic E-state index is 13.0. The van der Waals surface area contributed by atoms with Crippen molar-refractivity contribution in [1.29, 1.82) is 0 Å². The molecule has 0 N–H and O–H groups in total. The number of hydrogen-bond donors (Lipinski definition) is 0. The van der Waals surface area contributed by atoms with Gasteiger partial charge in [-0.05, 0) is 74.2 Å². The van der Waals surface area contributed by atoms with Crippen molar-refractivity contribution < 1.29 is 47.7 Å². The lowest BCUT2D eigenvalue weighted by Gasteiger charge is -2.35. The van der Waals surface area contributed by atoms with Gasteiger partial charge in [0.1, 0.15) is 6.42 Å². The molecule has 0 spiro atoms. The molecule has 240 valence electrons. The lowest BCUT2D eigenvalue weighted by molar-refractivity contribution is -0.223. The van der Waals surface area contributed by atoms with Crippen LogP contribution in [-0.4, -0.2) is 75.2 Å². The zero-order chi connectivity index (χ0) is 32.8. The third kappa shape index (κ3) is 7.86. The van der Waals surface area contributed by atoms with E-state index in [0.717, 1.165) is 11.4 Å². The molecule has 0 heterocycles. The molecule has 2 aromatic rings. The first-order valence-corrected chi connectivity index (χ1v) is 14.9. The number of esters is 4. The third-order valence-corrected chi connectivity index (χ3v) is 7.77. The fourth-order valence-corrected chi connectivity index (χ4v) is 5.19. The monoisotopic (exact) mass is 622 g/mol. The predicted molar refractivity (Wildman–Crippen MR) is 162 cm³/mol. The van der Waals surface area contributed by atoms with Crippen LogP contribution in [0.15, 0.2) is 48.5 Å². The summed E-state index contributed by atoms with van der Waals surface area (Å²) in [6, 6.07) is 12.9. The van der Waals surface area contributed by atoms with Gasteiger partial charge in [-0.15, -0.1) is 0 Å².